The maximum Gasteiger partial charge on any atom is 0.411 e. The predicted octanol–water partition coefficient (Wildman–Crippen LogP) is 5.48. The first-order valence-electron chi connectivity index (χ1n) is 6.91. The van der Waals surface area contributed by atoms with E-state index in [1.165, 1.54) is 16.7 Å². The second-order valence-electron chi connectivity index (χ2n) is 5.46. The van der Waals surface area contributed by atoms with Gasteiger partial charge in [-0.3, -0.25) is 0 Å². The van der Waals surface area contributed by atoms with Gasteiger partial charge in [-0.1, -0.05) is 0 Å². The Labute approximate surface area is 129 Å². The predicted molar refractivity (Wildman–Crippen MR) is 80.2 cm³/mol. The molecule has 1 nitrogen and oxygen atoms in total. The molecule has 1 rings (SSSR count). The number of alkyl halides is 4. The summed E-state index contributed by atoms with van der Waals surface area (Å²) >= 11 is 6.40. The Morgan fingerprint density at radius 2 is 1.33 bits per heavy atom. The van der Waals surface area contributed by atoms with Gasteiger partial charge in [-0.25, -0.2) is 0 Å². The Bertz CT molecular complexity index is 480. The van der Waals surface area contributed by atoms with E-state index in [2.05, 4.69) is 11.7 Å². The average molecular weight is 323 g/mol. The van der Waals surface area contributed by atoms with Gasteiger partial charge in [0.2, 0.25) is 0 Å². The Balaban J connectivity index is 2.82. The third-order valence-corrected chi connectivity index (χ3v) is 4.59. The number of benzene rings is 1. The zero-order chi connectivity index (χ0) is 16.4. The van der Waals surface area contributed by atoms with Crippen molar-refractivity contribution in [3.8, 4) is 0 Å². The summed E-state index contributed by atoms with van der Waals surface area (Å²) in [7, 11) is 0. The Morgan fingerprint density at radius 1 is 0.905 bits per heavy atom. The molecule has 0 saturated carbocycles. The summed E-state index contributed by atoms with van der Waals surface area (Å²) in [6.07, 6.45) is -3.92. The van der Waals surface area contributed by atoms with Crippen molar-refractivity contribution in [1.29, 1.82) is 0 Å². The minimum Gasteiger partial charge on any atom is -0.372 e. The van der Waals surface area contributed by atoms with Crippen LogP contribution in [-0.4, -0.2) is 19.4 Å². The van der Waals surface area contributed by atoms with E-state index in [1.54, 1.807) is 0 Å². The van der Waals surface area contributed by atoms with E-state index in [4.69, 9.17) is 11.6 Å². The highest BCUT2D eigenvalue weighted by Crippen LogP contribution is 2.35. The fraction of sp³-hybridized carbons (Fsp3) is 0.625. The van der Waals surface area contributed by atoms with Crippen LogP contribution in [0.2, 0.25) is 0 Å². The van der Waals surface area contributed by atoms with Gasteiger partial charge < -0.3 is 4.74 Å². The van der Waals surface area contributed by atoms with Crippen LogP contribution in [-0.2, 0) is 4.74 Å². The van der Waals surface area contributed by atoms with Gasteiger partial charge >= 0.3 is 6.18 Å². The van der Waals surface area contributed by atoms with Crippen LogP contribution in [0.4, 0.5) is 13.2 Å². The van der Waals surface area contributed by atoms with E-state index in [0.29, 0.717) is 6.42 Å². The van der Waals surface area contributed by atoms with Crippen LogP contribution in [0.3, 0.4) is 0 Å². The molecular formula is C16H22ClF3O. The number of hydrogen-bond acceptors (Lipinski definition) is 1. The summed E-state index contributed by atoms with van der Waals surface area (Å²) in [5, 5.41) is -0.337. The molecule has 21 heavy (non-hydrogen) atoms. The van der Waals surface area contributed by atoms with Crippen molar-refractivity contribution in [2.75, 3.05) is 13.2 Å². The summed E-state index contributed by atoms with van der Waals surface area (Å²) in [6, 6.07) is 0. The summed E-state index contributed by atoms with van der Waals surface area (Å²) in [5.74, 6) is 0. The first-order chi connectivity index (χ1) is 9.56. The molecule has 0 amide bonds. The number of ether oxygens (including phenoxy) is 1. The molecule has 0 N–H and O–H groups in total. The largest absolute Gasteiger partial charge is 0.411 e. The van der Waals surface area contributed by atoms with Crippen LogP contribution in [0.1, 0.15) is 45.2 Å². The standard InChI is InChI=1S/C16H22ClF3O/c1-9-10(2)12(4)15(13(5)11(9)3)14(17)6-7-21-8-16(18,19)20/h14H,6-8H2,1-5H3. The van der Waals surface area contributed by atoms with Gasteiger partial charge in [0, 0.05) is 6.61 Å². The van der Waals surface area contributed by atoms with Gasteiger partial charge in [0.05, 0.1) is 5.38 Å². The molecule has 1 aromatic rings. The lowest BCUT2D eigenvalue weighted by Gasteiger charge is -2.22. The highest BCUT2D eigenvalue weighted by molar-refractivity contribution is 6.21. The van der Waals surface area contributed by atoms with Crippen molar-refractivity contribution < 1.29 is 17.9 Å². The van der Waals surface area contributed by atoms with E-state index in [1.807, 2.05) is 27.7 Å². The summed E-state index contributed by atoms with van der Waals surface area (Å²) < 4.78 is 40.7. The lowest BCUT2D eigenvalue weighted by molar-refractivity contribution is -0.174. The van der Waals surface area contributed by atoms with Crippen molar-refractivity contribution in [2.45, 2.75) is 52.6 Å². The normalized spacial score (nSPS) is 13.6. The number of hydrogen-bond donors (Lipinski definition) is 0. The minimum absolute atomic E-state index is 0.00146. The van der Waals surface area contributed by atoms with Crippen molar-refractivity contribution in [2.24, 2.45) is 0 Å². The van der Waals surface area contributed by atoms with E-state index in [0.717, 1.165) is 16.7 Å². The molecule has 0 aromatic heterocycles. The molecule has 5 heteroatoms. The quantitative estimate of drug-likeness (QED) is 0.515. The Kier molecular flexibility index (Phi) is 6.11. The number of rotatable bonds is 5. The van der Waals surface area contributed by atoms with Crippen molar-refractivity contribution in [1.82, 2.24) is 0 Å². The second kappa shape index (κ2) is 7.01. The van der Waals surface area contributed by atoms with Crippen LogP contribution < -0.4 is 0 Å². The first kappa shape index (κ1) is 18.3. The van der Waals surface area contributed by atoms with E-state index in [9.17, 15) is 13.2 Å². The third kappa shape index (κ3) is 4.62. The lowest BCUT2D eigenvalue weighted by atomic mass is 9.87. The molecule has 0 aliphatic rings. The van der Waals surface area contributed by atoms with E-state index < -0.39 is 12.8 Å². The molecule has 120 valence electrons. The van der Waals surface area contributed by atoms with Gasteiger partial charge in [-0.05, 0) is 74.4 Å². The Hall–Kier alpha value is -0.740. The van der Waals surface area contributed by atoms with Crippen LogP contribution >= 0.6 is 11.6 Å². The maximum atomic E-state index is 12.0. The molecular weight excluding hydrogens is 301 g/mol. The molecule has 0 aliphatic heterocycles. The maximum absolute atomic E-state index is 12.0. The van der Waals surface area contributed by atoms with Gasteiger partial charge in [0.1, 0.15) is 6.61 Å². The van der Waals surface area contributed by atoms with Crippen molar-refractivity contribution in [3.63, 3.8) is 0 Å². The highest BCUT2D eigenvalue weighted by Gasteiger charge is 2.27. The van der Waals surface area contributed by atoms with Crippen LogP contribution in [0.25, 0.3) is 0 Å². The first-order valence-corrected chi connectivity index (χ1v) is 7.35. The fourth-order valence-corrected chi connectivity index (χ4v) is 2.93. The molecule has 1 unspecified atom stereocenters. The van der Waals surface area contributed by atoms with Crippen LogP contribution in [0.15, 0.2) is 0 Å². The molecule has 1 aromatic carbocycles. The molecule has 0 radical (unpaired) electrons. The van der Waals surface area contributed by atoms with Crippen molar-refractivity contribution in [3.05, 3.63) is 33.4 Å². The number of halogens is 4. The highest BCUT2D eigenvalue weighted by atomic mass is 35.5. The van der Waals surface area contributed by atoms with Gasteiger partial charge in [-0.15, -0.1) is 11.6 Å². The monoisotopic (exact) mass is 322 g/mol. The zero-order valence-electron chi connectivity index (χ0n) is 13.1. The molecule has 0 saturated heterocycles. The second-order valence-corrected chi connectivity index (χ2v) is 5.99. The molecule has 0 heterocycles. The summed E-state index contributed by atoms with van der Waals surface area (Å²) in [4.78, 5) is 0. The van der Waals surface area contributed by atoms with Gasteiger partial charge in [0.15, 0.2) is 0 Å². The fourth-order valence-electron chi connectivity index (χ4n) is 2.52. The van der Waals surface area contributed by atoms with Crippen LogP contribution in [0, 0.1) is 34.6 Å². The molecule has 0 fully saturated rings. The third-order valence-electron chi connectivity index (χ3n) is 4.15. The van der Waals surface area contributed by atoms with Gasteiger partial charge in [0.25, 0.3) is 0 Å². The molecule has 0 aliphatic carbocycles. The van der Waals surface area contributed by atoms with Crippen LogP contribution in [0.5, 0.6) is 0 Å². The van der Waals surface area contributed by atoms with Crippen molar-refractivity contribution >= 4 is 11.6 Å². The smallest absolute Gasteiger partial charge is 0.372 e. The topological polar surface area (TPSA) is 9.23 Å². The molecule has 1 atom stereocenters. The molecule has 0 bridgehead atoms. The summed E-state index contributed by atoms with van der Waals surface area (Å²) in [6.45, 7) is 8.96. The van der Waals surface area contributed by atoms with E-state index in [-0.39, 0.29) is 12.0 Å². The summed E-state index contributed by atoms with van der Waals surface area (Å²) in [5.41, 5.74) is 6.88. The average Bonchev–Trinajstić information content (AvgIpc) is 2.38. The zero-order valence-corrected chi connectivity index (χ0v) is 13.9. The van der Waals surface area contributed by atoms with Gasteiger partial charge in [-0.2, -0.15) is 13.2 Å². The lowest BCUT2D eigenvalue weighted by Crippen LogP contribution is -2.18. The SMILES string of the molecule is Cc1c(C)c(C)c(C(Cl)CCOCC(F)(F)F)c(C)c1C. The molecule has 0 spiro atoms. The minimum atomic E-state index is -4.29. The Morgan fingerprint density at radius 3 is 1.76 bits per heavy atom. The van der Waals surface area contributed by atoms with E-state index >= 15 is 0 Å².